The number of alkyl halides is 2. The molecule has 20 heavy (non-hydrogen) atoms. The summed E-state index contributed by atoms with van der Waals surface area (Å²) in [6.07, 6.45) is 1.60. The Bertz CT molecular complexity index is 521. The normalized spacial score (nSPS) is 23.1. The van der Waals surface area contributed by atoms with E-state index in [4.69, 9.17) is 40.5 Å². The Morgan fingerprint density at radius 1 is 1.55 bits per heavy atom. The predicted octanol–water partition coefficient (Wildman–Crippen LogP) is 3.21. The molecule has 0 spiro atoms. The topological polar surface area (TPSA) is 55.1 Å². The first-order chi connectivity index (χ1) is 9.25. The summed E-state index contributed by atoms with van der Waals surface area (Å²) in [6, 6.07) is 7.12. The standard InChI is InChI=1S/C14H17Cl3N2O/c1-13(12(18)20,9-3-2-4-11(15)7-9)19-6-5-10-8-14(10,16)17/h2-4,7,10,19H,5-6,8H2,1H3,(H2,18,20)/t10-,13+/m1/s1. The van der Waals surface area contributed by atoms with E-state index in [1.807, 2.05) is 6.07 Å². The number of carbonyl (C=O) groups excluding carboxylic acids is 1. The molecule has 0 unspecified atom stereocenters. The van der Waals surface area contributed by atoms with Gasteiger partial charge < -0.3 is 5.73 Å². The molecule has 1 aromatic carbocycles. The molecule has 1 aliphatic rings. The van der Waals surface area contributed by atoms with E-state index in [-0.39, 0.29) is 5.92 Å². The van der Waals surface area contributed by atoms with Gasteiger partial charge in [0.15, 0.2) is 0 Å². The summed E-state index contributed by atoms with van der Waals surface area (Å²) >= 11 is 17.9. The van der Waals surface area contributed by atoms with E-state index in [1.165, 1.54) is 0 Å². The van der Waals surface area contributed by atoms with Gasteiger partial charge in [-0.1, -0.05) is 23.7 Å². The van der Waals surface area contributed by atoms with Crippen LogP contribution in [0.1, 0.15) is 25.3 Å². The van der Waals surface area contributed by atoms with Gasteiger partial charge in [0.2, 0.25) is 5.91 Å². The van der Waals surface area contributed by atoms with Crippen molar-refractivity contribution in [3.05, 3.63) is 34.9 Å². The highest BCUT2D eigenvalue weighted by atomic mass is 35.5. The van der Waals surface area contributed by atoms with Crippen molar-refractivity contribution < 1.29 is 4.79 Å². The molecular weight excluding hydrogens is 319 g/mol. The van der Waals surface area contributed by atoms with E-state index in [9.17, 15) is 4.79 Å². The van der Waals surface area contributed by atoms with Crippen molar-refractivity contribution in [3.8, 4) is 0 Å². The number of hydrogen-bond donors (Lipinski definition) is 2. The quantitative estimate of drug-likeness (QED) is 0.784. The number of nitrogens with two attached hydrogens (primary N) is 1. The molecule has 0 heterocycles. The lowest BCUT2D eigenvalue weighted by molar-refractivity contribution is -0.124. The van der Waals surface area contributed by atoms with E-state index >= 15 is 0 Å². The smallest absolute Gasteiger partial charge is 0.242 e. The Hall–Kier alpha value is -0.480. The lowest BCUT2D eigenvalue weighted by atomic mass is 9.91. The molecule has 1 aliphatic carbocycles. The second-order valence-corrected chi connectivity index (χ2v) is 7.36. The molecule has 3 N–H and O–H groups in total. The Morgan fingerprint density at radius 2 is 2.20 bits per heavy atom. The highest BCUT2D eigenvalue weighted by Crippen LogP contribution is 2.54. The first kappa shape index (κ1) is 15.9. The summed E-state index contributed by atoms with van der Waals surface area (Å²) in [4.78, 5) is 11.8. The fraction of sp³-hybridized carbons (Fsp3) is 0.500. The van der Waals surface area contributed by atoms with Crippen LogP contribution in [0.5, 0.6) is 0 Å². The predicted molar refractivity (Wildman–Crippen MR) is 83.2 cm³/mol. The third-order valence-electron chi connectivity index (χ3n) is 3.82. The van der Waals surface area contributed by atoms with Crippen molar-refractivity contribution in [2.24, 2.45) is 11.7 Å². The van der Waals surface area contributed by atoms with Crippen LogP contribution in [0.15, 0.2) is 24.3 Å². The summed E-state index contributed by atoms with van der Waals surface area (Å²) < 4.78 is -0.596. The summed E-state index contributed by atoms with van der Waals surface area (Å²) in [5.41, 5.74) is 5.33. The number of carbonyl (C=O) groups is 1. The number of nitrogens with one attached hydrogen (secondary N) is 1. The van der Waals surface area contributed by atoms with Gasteiger partial charge in [-0.2, -0.15) is 0 Å². The van der Waals surface area contributed by atoms with Crippen LogP contribution >= 0.6 is 34.8 Å². The zero-order valence-corrected chi connectivity index (χ0v) is 13.4. The minimum atomic E-state index is -0.957. The van der Waals surface area contributed by atoms with Crippen molar-refractivity contribution in [2.75, 3.05) is 6.54 Å². The van der Waals surface area contributed by atoms with Crippen LogP contribution < -0.4 is 11.1 Å². The molecule has 1 saturated carbocycles. The maximum Gasteiger partial charge on any atom is 0.242 e. The third-order valence-corrected chi connectivity index (χ3v) is 4.98. The number of primary amides is 1. The van der Waals surface area contributed by atoms with E-state index in [1.54, 1.807) is 25.1 Å². The van der Waals surface area contributed by atoms with Gasteiger partial charge in [0, 0.05) is 5.02 Å². The molecule has 0 bridgehead atoms. The molecule has 0 aromatic heterocycles. The number of amides is 1. The van der Waals surface area contributed by atoms with Crippen LogP contribution in [-0.4, -0.2) is 16.8 Å². The lowest BCUT2D eigenvalue weighted by Gasteiger charge is -2.28. The Labute approximate surface area is 133 Å². The van der Waals surface area contributed by atoms with Crippen molar-refractivity contribution in [2.45, 2.75) is 29.6 Å². The summed E-state index contributed by atoms with van der Waals surface area (Å²) in [6.45, 7) is 2.36. The second kappa shape index (κ2) is 5.72. The number of benzene rings is 1. The molecule has 2 atom stereocenters. The average molecular weight is 336 g/mol. The SMILES string of the molecule is C[C@@](NCC[C@@H]1CC1(Cl)Cl)(C(N)=O)c1cccc(Cl)c1. The lowest BCUT2D eigenvalue weighted by Crippen LogP contribution is -2.50. The molecule has 1 aromatic rings. The molecule has 3 nitrogen and oxygen atoms in total. The molecule has 1 fully saturated rings. The van der Waals surface area contributed by atoms with Gasteiger partial charge in [0.05, 0.1) is 0 Å². The monoisotopic (exact) mass is 334 g/mol. The zero-order chi connectivity index (χ0) is 15.0. The molecule has 0 aliphatic heterocycles. The first-order valence-corrected chi connectivity index (χ1v) is 7.58. The number of rotatable bonds is 6. The van der Waals surface area contributed by atoms with Gasteiger partial charge >= 0.3 is 0 Å². The van der Waals surface area contributed by atoms with Crippen molar-refractivity contribution in [1.29, 1.82) is 0 Å². The van der Waals surface area contributed by atoms with Crippen molar-refractivity contribution in [1.82, 2.24) is 5.32 Å². The molecule has 110 valence electrons. The van der Waals surface area contributed by atoms with Crippen molar-refractivity contribution in [3.63, 3.8) is 0 Å². The fourth-order valence-corrected chi connectivity index (χ4v) is 2.99. The molecular formula is C14H17Cl3N2O. The summed E-state index contributed by atoms with van der Waals surface area (Å²) in [5, 5.41) is 3.77. The molecule has 6 heteroatoms. The second-order valence-electron chi connectivity index (χ2n) is 5.38. The summed E-state index contributed by atoms with van der Waals surface area (Å²) in [7, 11) is 0. The van der Waals surface area contributed by atoms with E-state index in [0.29, 0.717) is 11.6 Å². The fourth-order valence-electron chi connectivity index (χ4n) is 2.21. The number of halogens is 3. The third kappa shape index (κ3) is 3.40. The maximum absolute atomic E-state index is 11.8. The minimum absolute atomic E-state index is 0.273. The largest absolute Gasteiger partial charge is 0.368 e. The molecule has 0 radical (unpaired) electrons. The van der Waals surface area contributed by atoms with Gasteiger partial charge in [0.25, 0.3) is 0 Å². The van der Waals surface area contributed by atoms with Gasteiger partial charge in [-0.3, -0.25) is 10.1 Å². The molecule has 0 saturated heterocycles. The van der Waals surface area contributed by atoms with Gasteiger partial charge in [-0.25, -0.2) is 0 Å². The first-order valence-electron chi connectivity index (χ1n) is 6.44. The Morgan fingerprint density at radius 3 is 2.70 bits per heavy atom. The zero-order valence-electron chi connectivity index (χ0n) is 11.1. The number of hydrogen-bond acceptors (Lipinski definition) is 2. The molecule has 1 amide bonds. The molecule has 2 rings (SSSR count). The highest BCUT2D eigenvalue weighted by molar-refractivity contribution is 6.50. The maximum atomic E-state index is 11.8. The van der Waals surface area contributed by atoms with Crippen molar-refractivity contribution >= 4 is 40.7 Å². The van der Waals surface area contributed by atoms with Crippen LogP contribution in [0, 0.1) is 5.92 Å². The van der Waals surface area contributed by atoms with E-state index in [0.717, 1.165) is 18.4 Å². The van der Waals surface area contributed by atoms with E-state index in [2.05, 4.69) is 5.32 Å². The van der Waals surface area contributed by atoms with Gasteiger partial charge in [-0.15, -0.1) is 23.2 Å². The van der Waals surface area contributed by atoms with Gasteiger partial charge in [-0.05, 0) is 49.9 Å². The van der Waals surface area contributed by atoms with E-state index < -0.39 is 15.8 Å². The van der Waals surface area contributed by atoms with Crippen LogP contribution in [0.4, 0.5) is 0 Å². The van der Waals surface area contributed by atoms with Crippen LogP contribution in [-0.2, 0) is 10.3 Å². The van der Waals surface area contributed by atoms with Crippen LogP contribution in [0.25, 0.3) is 0 Å². The minimum Gasteiger partial charge on any atom is -0.368 e. The van der Waals surface area contributed by atoms with Crippen LogP contribution in [0.3, 0.4) is 0 Å². The highest BCUT2D eigenvalue weighted by Gasteiger charge is 2.51. The van der Waals surface area contributed by atoms with Crippen LogP contribution in [0.2, 0.25) is 5.02 Å². The average Bonchev–Trinajstić information content (AvgIpc) is 2.96. The Balaban J connectivity index is 2.04. The van der Waals surface area contributed by atoms with Gasteiger partial charge in [0.1, 0.15) is 9.87 Å². The summed E-state index contributed by atoms with van der Waals surface area (Å²) in [5.74, 6) is -0.173. The Kier molecular flexibility index (Phi) is 4.55.